The summed E-state index contributed by atoms with van der Waals surface area (Å²) in [6.07, 6.45) is 3.37. The van der Waals surface area contributed by atoms with Crippen molar-refractivity contribution in [1.82, 2.24) is 4.98 Å². The van der Waals surface area contributed by atoms with Gasteiger partial charge in [-0.3, -0.25) is 4.98 Å². The summed E-state index contributed by atoms with van der Waals surface area (Å²) in [5.41, 5.74) is 8.23. The lowest BCUT2D eigenvalue weighted by Crippen LogP contribution is -1.91. The molecule has 2 N–H and O–H groups in total. The van der Waals surface area contributed by atoms with Gasteiger partial charge in [-0.2, -0.15) is 0 Å². The highest BCUT2D eigenvalue weighted by Gasteiger charge is 2.04. The van der Waals surface area contributed by atoms with Gasteiger partial charge in [0.2, 0.25) is 0 Å². The number of hydrogen-bond acceptors (Lipinski definition) is 4. The maximum Gasteiger partial charge on any atom is 0.123 e. The quantitative estimate of drug-likeness (QED) is 0.879. The fourth-order valence-electron chi connectivity index (χ4n) is 1.59. The first-order valence-corrected chi connectivity index (χ1v) is 5.17. The molecule has 0 saturated carbocycles. The molecule has 0 amide bonds. The number of rotatable bonds is 3. The third-order valence-electron chi connectivity index (χ3n) is 2.44. The van der Waals surface area contributed by atoms with Crippen LogP contribution >= 0.6 is 0 Å². The van der Waals surface area contributed by atoms with Crippen molar-refractivity contribution in [2.24, 2.45) is 0 Å². The molecule has 0 bridgehead atoms. The minimum absolute atomic E-state index is 0.629. The maximum absolute atomic E-state index is 5.71. The molecule has 0 spiro atoms. The van der Waals surface area contributed by atoms with E-state index in [1.165, 1.54) is 0 Å². The van der Waals surface area contributed by atoms with Gasteiger partial charge < -0.3 is 15.2 Å². The van der Waals surface area contributed by atoms with Gasteiger partial charge >= 0.3 is 0 Å². The highest BCUT2D eigenvalue weighted by atomic mass is 16.5. The van der Waals surface area contributed by atoms with Crippen LogP contribution in [0.4, 0.5) is 5.69 Å². The number of nitrogen functional groups attached to an aromatic ring is 1. The molecule has 0 atom stereocenters. The molecule has 1 aromatic carbocycles. The minimum atomic E-state index is 0.629. The van der Waals surface area contributed by atoms with E-state index in [1.54, 1.807) is 26.6 Å². The number of nitrogens with zero attached hydrogens (tertiary/aromatic N) is 1. The molecule has 0 aliphatic carbocycles. The van der Waals surface area contributed by atoms with Crippen molar-refractivity contribution in [2.75, 3.05) is 20.0 Å². The molecule has 2 rings (SSSR count). The smallest absolute Gasteiger partial charge is 0.123 e. The monoisotopic (exact) mass is 230 g/mol. The van der Waals surface area contributed by atoms with Crippen LogP contribution in [0.15, 0.2) is 36.7 Å². The molecule has 4 heteroatoms. The molecule has 4 nitrogen and oxygen atoms in total. The molecule has 0 aliphatic heterocycles. The molecule has 88 valence electrons. The van der Waals surface area contributed by atoms with Gasteiger partial charge in [-0.05, 0) is 23.8 Å². The van der Waals surface area contributed by atoms with E-state index >= 15 is 0 Å². The minimum Gasteiger partial charge on any atom is -0.497 e. The van der Waals surface area contributed by atoms with Gasteiger partial charge in [-0.15, -0.1) is 0 Å². The van der Waals surface area contributed by atoms with Crippen LogP contribution in [-0.2, 0) is 0 Å². The lowest BCUT2D eigenvalue weighted by molar-refractivity contribution is 0.394. The Balaban J connectivity index is 2.50. The van der Waals surface area contributed by atoms with Crippen LogP contribution in [0.2, 0.25) is 0 Å². The second-order valence-corrected chi connectivity index (χ2v) is 3.61. The number of methoxy groups -OCH3 is 2. The van der Waals surface area contributed by atoms with Gasteiger partial charge in [0.05, 0.1) is 19.9 Å². The van der Waals surface area contributed by atoms with Crippen molar-refractivity contribution in [3.63, 3.8) is 0 Å². The van der Waals surface area contributed by atoms with Crippen LogP contribution in [0.3, 0.4) is 0 Å². The Labute approximate surface area is 100 Å². The predicted octanol–water partition coefficient (Wildman–Crippen LogP) is 2.35. The van der Waals surface area contributed by atoms with E-state index in [4.69, 9.17) is 15.2 Å². The number of aromatic nitrogens is 1. The molecule has 0 fully saturated rings. The maximum atomic E-state index is 5.71. The predicted molar refractivity (Wildman–Crippen MR) is 67.2 cm³/mol. The summed E-state index contributed by atoms with van der Waals surface area (Å²) in [4.78, 5) is 4.06. The van der Waals surface area contributed by atoms with Crippen molar-refractivity contribution in [1.29, 1.82) is 0 Å². The number of nitrogens with two attached hydrogens (primary N) is 1. The van der Waals surface area contributed by atoms with Crippen molar-refractivity contribution >= 4 is 5.69 Å². The van der Waals surface area contributed by atoms with Crippen molar-refractivity contribution in [3.8, 4) is 22.6 Å². The summed E-state index contributed by atoms with van der Waals surface area (Å²) in [5.74, 6) is 1.48. The second-order valence-electron chi connectivity index (χ2n) is 3.61. The Kier molecular flexibility index (Phi) is 3.14. The third-order valence-corrected chi connectivity index (χ3v) is 2.44. The number of pyridine rings is 1. The molecule has 1 heterocycles. The molecule has 1 aromatic heterocycles. The lowest BCUT2D eigenvalue weighted by atomic mass is 10.1. The summed E-state index contributed by atoms with van der Waals surface area (Å²) < 4.78 is 10.4. The Bertz CT molecular complexity index is 504. The van der Waals surface area contributed by atoms with E-state index in [-0.39, 0.29) is 0 Å². The van der Waals surface area contributed by atoms with Crippen LogP contribution < -0.4 is 15.2 Å². The van der Waals surface area contributed by atoms with E-state index < -0.39 is 0 Å². The zero-order chi connectivity index (χ0) is 12.3. The number of hydrogen-bond donors (Lipinski definition) is 1. The SMILES string of the molecule is COc1cc(OC)cc(-c2cncc(N)c2)c1. The topological polar surface area (TPSA) is 57.4 Å². The summed E-state index contributed by atoms with van der Waals surface area (Å²) in [6, 6.07) is 7.52. The van der Waals surface area contributed by atoms with Crippen molar-refractivity contribution < 1.29 is 9.47 Å². The molecule has 0 aliphatic rings. The summed E-state index contributed by atoms with van der Waals surface area (Å²) in [5, 5.41) is 0. The number of benzene rings is 1. The highest BCUT2D eigenvalue weighted by Crippen LogP contribution is 2.29. The van der Waals surface area contributed by atoms with Gasteiger partial charge in [0, 0.05) is 24.0 Å². The van der Waals surface area contributed by atoms with E-state index in [0.717, 1.165) is 22.6 Å². The van der Waals surface area contributed by atoms with Gasteiger partial charge in [-0.1, -0.05) is 0 Å². The van der Waals surface area contributed by atoms with Gasteiger partial charge in [-0.25, -0.2) is 0 Å². The molecular weight excluding hydrogens is 216 g/mol. The van der Waals surface area contributed by atoms with E-state index in [9.17, 15) is 0 Å². The summed E-state index contributed by atoms with van der Waals surface area (Å²) in [6.45, 7) is 0. The first kappa shape index (κ1) is 11.3. The normalized spacial score (nSPS) is 10.0. The van der Waals surface area contributed by atoms with Crippen LogP contribution in [0.1, 0.15) is 0 Å². The average molecular weight is 230 g/mol. The zero-order valence-corrected chi connectivity index (χ0v) is 9.81. The molecule has 0 saturated heterocycles. The van der Waals surface area contributed by atoms with Crippen LogP contribution in [0, 0.1) is 0 Å². The standard InChI is InChI=1S/C13H14N2O2/c1-16-12-4-9(5-13(6-12)17-2)10-3-11(14)8-15-7-10/h3-8H,14H2,1-2H3. The fraction of sp³-hybridized carbons (Fsp3) is 0.154. The van der Waals surface area contributed by atoms with Crippen molar-refractivity contribution in [2.45, 2.75) is 0 Å². The Hall–Kier alpha value is -2.23. The van der Waals surface area contributed by atoms with Crippen molar-refractivity contribution in [3.05, 3.63) is 36.7 Å². The zero-order valence-electron chi connectivity index (χ0n) is 9.81. The Morgan fingerprint density at radius 3 is 2.06 bits per heavy atom. The van der Waals surface area contributed by atoms with E-state index in [2.05, 4.69) is 4.98 Å². The molecule has 2 aromatic rings. The Morgan fingerprint density at radius 2 is 1.53 bits per heavy atom. The van der Waals surface area contributed by atoms with Crippen LogP contribution in [-0.4, -0.2) is 19.2 Å². The largest absolute Gasteiger partial charge is 0.497 e. The summed E-state index contributed by atoms with van der Waals surface area (Å²) >= 11 is 0. The molecule has 0 unspecified atom stereocenters. The summed E-state index contributed by atoms with van der Waals surface area (Å²) in [7, 11) is 3.24. The van der Waals surface area contributed by atoms with E-state index in [1.807, 2.05) is 24.3 Å². The number of ether oxygens (including phenoxy) is 2. The number of anilines is 1. The molecule has 17 heavy (non-hydrogen) atoms. The van der Waals surface area contributed by atoms with Gasteiger partial charge in [0.25, 0.3) is 0 Å². The van der Waals surface area contributed by atoms with E-state index in [0.29, 0.717) is 5.69 Å². The van der Waals surface area contributed by atoms with Crippen LogP contribution in [0.25, 0.3) is 11.1 Å². The average Bonchev–Trinajstić information content (AvgIpc) is 2.38. The first-order valence-electron chi connectivity index (χ1n) is 5.17. The fourth-order valence-corrected chi connectivity index (χ4v) is 1.59. The molecule has 0 radical (unpaired) electrons. The highest BCUT2D eigenvalue weighted by molar-refractivity contribution is 5.69. The third kappa shape index (κ3) is 2.47. The van der Waals surface area contributed by atoms with Gasteiger partial charge in [0.1, 0.15) is 11.5 Å². The lowest BCUT2D eigenvalue weighted by Gasteiger charge is -2.08. The molecular formula is C13H14N2O2. The van der Waals surface area contributed by atoms with Crippen LogP contribution in [0.5, 0.6) is 11.5 Å². The second kappa shape index (κ2) is 4.74. The van der Waals surface area contributed by atoms with Gasteiger partial charge in [0.15, 0.2) is 0 Å². The first-order chi connectivity index (χ1) is 8.22. The Morgan fingerprint density at radius 1 is 0.882 bits per heavy atom.